The van der Waals surface area contributed by atoms with Crippen LogP contribution in [0.15, 0.2) is 22.7 Å². The third kappa shape index (κ3) is 3.40. The number of hydrogen-bond donors (Lipinski definition) is 0. The lowest BCUT2D eigenvalue weighted by Gasteiger charge is -2.11. The molecule has 0 N–H and O–H groups in total. The van der Waals surface area contributed by atoms with Gasteiger partial charge < -0.3 is 4.74 Å². The summed E-state index contributed by atoms with van der Waals surface area (Å²) < 4.78 is 40.2. The fourth-order valence-corrected chi connectivity index (χ4v) is 2.04. The van der Waals surface area contributed by atoms with Crippen LogP contribution in [0.1, 0.15) is 18.4 Å². The van der Waals surface area contributed by atoms with Gasteiger partial charge in [-0.05, 0) is 58.8 Å². The van der Waals surface area contributed by atoms with Crippen LogP contribution in [-0.4, -0.2) is 6.36 Å². The predicted molar refractivity (Wildman–Crippen MR) is 57.3 cm³/mol. The van der Waals surface area contributed by atoms with Crippen LogP contribution in [0, 0.1) is 5.92 Å². The van der Waals surface area contributed by atoms with E-state index in [0.29, 0.717) is 10.4 Å². The summed E-state index contributed by atoms with van der Waals surface area (Å²) in [5.41, 5.74) is 1.05. The van der Waals surface area contributed by atoms with E-state index in [9.17, 15) is 13.2 Å². The summed E-state index contributed by atoms with van der Waals surface area (Å²) >= 11 is 3.09. The van der Waals surface area contributed by atoms with Crippen molar-refractivity contribution in [3.05, 3.63) is 28.2 Å². The van der Waals surface area contributed by atoms with Crippen molar-refractivity contribution in [2.75, 3.05) is 0 Å². The Morgan fingerprint density at radius 2 is 2.00 bits per heavy atom. The minimum absolute atomic E-state index is 0.188. The van der Waals surface area contributed by atoms with Gasteiger partial charge in [0.2, 0.25) is 0 Å². The minimum Gasteiger partial charge on any atom is -0.405 e. The Kier molecular flexibility index (Phi) is 3.15. The van der Waals surface area contributed by atoms with E-state index in [-0.39, 0.29) is 5.75 Å². The summed E-state index contributed by atoms with van der Waals surface area (Å²) in [4.78, 5) is 0. The normalized spacial score (nSPS) is 16.2. The molecule has 16 heavy (non-hydrogen) atoms. The summed E-state index contributed by atoms with van der Waals surface area (Å²) in [7, 11) is 0. The number of halogens is 4. The lowest BCUT2D eigenvalue weighted by Crippen LogP contribution is -2.17. The summed E-state index contributed by atoms with van der Waals surface area (Å²) in [6.45, 7) is 0. The SMILES string of the molecule is FC(F)(F)Oc1ccc(CC2CC2)cc1Br. The average Bonchev–Trinajstić information content (AvgIpc) is 2.92. The molecule has 0 radical (unpaired) electrons. The van der Waals surface area contributed by atoms with Gasteiger partial charge in [0.1, 0.15) is 5.75 Å². The van der Waals surface area contributed by atoms with Gasteiger partial charge in [-0.25, -0.2) is 0 Å². The second kappa shape index (κ2) is 4.28. The van der Waals surface area contributed by atoms with Gasteiger partial charge in [-0.1, -0.05) is 6.07 Å². The molecule has 1 nitrogen and oxygen atoms in total. The molecule has 0 heterocycles. The topological polar surface area (TPSA) is 9.23 Å². The zero-order valence-corrected chi connectivity index (χ0v) is 9.94. The molecule has 1 aromatic carbocycles. The monoisotopic (exact) mass is 294 g/mol. The van der Waals surface area contributed by atoms with Crippen molar-refractivity contribution in [1.82, 2.24) is 0 Å². The molecule has 1 aromatic rings. The van der Waals surface area contributed by atoms with Crippen molar-refractivity contribution in [3.8, 4) is 5.75 Å². The highest BCUT2D eigenvalue weighted by Gasteiger charge is 2.32. The van der Waals surface area contributed by atoms with Gasteiger partial charge in [0, 0.05) is 0 Å². The van der Waals surface area contributed by atoms with Crippen LogP contribution >= 0.6 is 15.9 Å². The molecule has 0 amide bonds. The zero-order chi connectivity index (χ0) is 11.8. The molecular weight excluding hydrogens is 285 g/mol. The van der Waals surface area contributed by atoms with Crippen LogP contribution in [0.4, 0.5) is 13.2 Å². The van der Waals surface area contributed by atoms with Gasteiger partial charge in [-0.2, -0.15) is 0 Å². The molecular formula is C11H10BrF3O. The quantitative estimate of drug-likeness (QED) is 0.808. The maximum atomic E-state index is 12.0. The van der Waals surface area contributed by atoms with Gasteiger partial charge in [0.15, 0.2) is 0 Å². The van der Waals surface area contributed by atoms with E-state index in [1.807, 2.05) is 0 Å². The van der Waals surface area contributed by atoms with Crippen LogP contribution in [0.5, 0.6) is 5.75 Å². The van der Waals surface area contributed by atoms with E-state index in [2.05, 4.69) is 20.7 Å². The first-order valence-corrected chi connectivity index (χ1v) is 5.77. The molecule has 0 aromatic heterocycles. The predicted octanol–water partition coefficient (Wildman–Crippen LogP) is 4.30. The molecule has 0 aliphatic heterocycles. The molecule has 1 fully saturated rings. The maximum Gasteiger partial charge on any atom is 0.573 e. The van der Waals surface area contributed by atoms with E-state index in [4.69, 9.17) is 0 Å². The second-order valence-corrected chi connectivity index (χ2v) is 4.81. The number of rotatable bonds is 3. The van der Waals surface area contributed by atoms with E-state index in [1.54, 1.807) is 12.1 Å². The first kappa shape index (κ1) is 11.8. The maximum absolute atomic E-state index is 12.0. The molecule has 0 unspecified atom stereocenters. The third-order valence-electron chi connectivity index (χ3n) is 2.44. The first-order valence-electron chi connectivity index (χ1n) is 4.98. The number of alkyl halides is 3. The van der Waals surface area contributed by atoms with E-state index in [1.165, 1.54) is 18.9 Å². The van der Waals surface area contributed by atoms with Crippen LogP contribution < -0.4 is 4.74 Å². The van der Waals surface area contributed by atoms with Gasteiger partial charge in [-0.3, -0.25) is 0 Å². The van der Waals surface area contributed by atoms with E-state index in [0.717, 1.165) is 12.0 Å². The Hall–Kier alpha value is -0.710. The van der Waals surface area contributed by atoms with Gasteiger partial charge in [-0.15, -0.1) is 13.2 Å². The Bertz CT molecular complexity index is 385. The highest BCUT2D eigenvalue weighted by atomic mass is 79.9. The highest BCUT2D eigenvalue weighted by molar-refractivity contribution is 9.10. The largest absolute Gasteiger partial charge is 0.573 e. The van der Waals surface area contributed by atoms with Crippen LogP contribution in [-0.2, 0) is 6.42 Å². The molecule has 88 valence electrons. The van der Waals surface area contributed by atoms with Crippen molar-refractivity contribution in [2.24, 2.45) is 5.92 Å². The minimum atomic E-state index is -4.64. The fourth-order valence-electron chi connectivity index (χ4n) is 1.53. The molecule has 1 aliphatic rings. The van der Waals surface area contributed by atoms with Gasteiger partial charge >= 0.3 is 6.36 Å². The average molecular weight is 295 g/mol. The Labute approximate surface area is 99.7 Å². The highest BCUT2D eigenvalue weighted by Crippen LogP contribution is 2.35. The molecule has 5 heteroatoms. The van der Waals surface area contributed by atoms with Crippen LogP contribution in [0.25, 0.3) is 0 Å². The Morgan fingerprint density at radius 3 is 2.50 bits per heavy atom. The summed E-state index contributed by atoms with van der Waals surface area (Å²) in [6.07, 6.45) is -1.26. The number of hydrogen-bond acceptors (Lipinski definition) is 1. The molecule has 0 saturated heterocycles. The molecule has 1 aliphatic carbocycles. The van der Waals surface area contributed by atoms with Gasteiger partial charge in [0.25, 0.3) is 0 Å². The Morgan fingerprint density at radius 1 is 1.31 bits per heavy atom. The van der Waals surface area contributed by atoms with Crippen molar-refractivity contribution in [2.45, 2.75) is 25.6 Å². The van der Waals surface area contributed by atoms with Crippen molar-refractivity contribution >= 4 is 15.9 Å². The summed E-state index contributed by atoms with van der Waals surface area (Å²) in [5, 5.41) is 0. The third-order valence-corrected chi connectivity index (χ3v) is 3.06. The van der Waals surface area contributed by atoms with Crippen LogP contribution in [0.3, 0.4) is 0 Å². The van der Waals surface area contributed by atoms with Crippen molar-refractivity contribution in [3.63, 3.8) is 0 Å². The molecule has 2 rings (SSSR count). The second-order valence-electron chi connectivity index (χ2n) is 3.96. The smallest absolute Gasteiger partial charge is 0.405 e. The van der Waals surface area contributed by atoms with Crippen molar-refractivity contribution in [1.29, 1.82) is 0 Å². The van der Waals surface area contributed by atoms with Crippen molar-refractivity contribution < 1.29 is 17.9 Å². The molecule has 1 saturated carbocycles. The molecule has 0 atom stereocenters. The molecule has 0 spiro atoms. The Balaban J connectivity index is 2.09. The van der Waals surface area contributed by atoms with Crippen LogP contribution in [0.2, 0.25) is 0 Å². The van der Waals surface area contributed by atoms with Gasteiger partial charge in [0.05, 0.1) is 4.47 Å². The lowest BCUT2D eigenvalue weighted by molar-refractivity contribution is -0.274. The summed E-state index contributed by atoms with van der Waals surface area (Å²) in [6, 6.07) is 4.73. The summed E-state index contributed by atoms with van der Waals surface area (Å²) in [5.74, 6) is 0.522. The lowest BCUT2D eigenvalue weighted by atomic mass is 10.1. The zero-order valence-electron chi connectivity index (χ0n) is 8.35. The first-order chi connectivity index (χ1) is 7.44. The standard InChI is InChI=1S/C11H10BrF3O/c12-9-6-8(5-7-1-2-7)3-4-10(9)16-11(13,14)15/h3-4,6-7H,1-2,5H2. The fraction of sp³-hybridized carbons (Fsp3) is 0.455. The number of benzene rings is 1. The number of ether oxygens (including phenoxy) is 1. The van der Waals surface area contributed by atoms with E-state index < -0.39 is 6.36 Å². The van der Waals surface area contributed by atoms with E-state index >= 15 is 0 Å². The molecule has 0 bridgehead atoms.